The summed E-state index contributed by atoms with van der Waals surface area (Å²) in [7, 11) is 0. The highest BCUT2D eigenvalue weighted by atomic mass is 32.1. The molecule has 0 bridgehead atoms. The first-order chi connectivity index (χ1) is 15.0. The lowest BCUT2D eigenvalue weighted by Crippen LogP contribution is -2.01. The second-order valence-corrected chi connectivity index (χ2v) is 6.21. The van der Waals surface area contributed by atoms with Crippen LogP contribution in [0.4, 0.5) is 5.69 Å². The van der Waals surface area contributed by atoms with Gasteiger partial charge in [-0.2, -0.15) is 5.10 Å². The number of hydrogen-bond donors (Lipinski definition) is 1. The molecule has 0 aliphatic carbocycles. The molecule has 1 N–H and O–H groups in total. The van der Waals surface area contributed by atoms with Crippen LogP contribution < -0.4 is 0 Å². The van der Waals surface area contributed by atoms with E-state index in [1.165, 1.54) is 34.2 Å². The summed E-state index contributed by atoms with van der Waals surface area (Å²) in [6.07, 6.45) is 7.20. The molecule has 0 atom stereocenters. The van der Waals surface area contributed by atoms with Crippen LogP contribution in [-0.4, -0.2) is 30.8 Å². The van der Waals surface area contributed by atoms with Gasteiger partial charge in [0.25, 0.3) is 5.69 Å². The topological polar surface area (TPSA) is 111 Å². The van der Waals surface area contributed by atoms with E-state index >= 15 is 0 Å². The average molecular weight is 443 g/mol. The third-order valence-corrected chi connectivity index (χ3v) is 4.58. The molecule has 0 saturated heterocycles. The lowest BCUT2D eigenvalue weighted by Gasteiger charge is -1.99. The van der Waals surface area contributed by atoms with Crippen molar-refractivity contribution in [2.24, 2.45) is 0 Å². The number of carboxylic acid groups (broad SMARTS) is 1. The first-order valence-electron chi connectivity index (χ1n) is 9.78. The molecule has 0 amide bonds. The van der Waals surface area contributed by atoms with E-state index < -0.39 is 10.9 Å². The number of benzene rings is 1. The van der Waals surface area contributed by atoms with Gasteiger partial charge in [0, 0.05) is 22.9 Å². The number of nitro benzene ring substituents is 1. The van der Waals surface area contributed by atoms with Crippen molar-refractivity contribution < 1.29 is 14.8 Å². The van der Waals surface area contributed by atoms with Crippen LogP contribution >= 0.6 is 11.3 Å². The van der Waals surface area contributed by atoms with Gasteiger partial charge >= 0.3 is 5.97 Å². The number of carbonyl (C=O) groups is 1. The van der Waals surface area contributed by atoms with Gasteiger partial charge in [-0.05, 0) is 18.6 Å². The van der Waals surface area contributed by atoms with Gasteiger partial charge in [-0.3, -0.25) is 10.1 Å². The Morgan fingerprint density at radius 2 is 1.97 bits per heavy atom. The normalized spacial score (nSPS) is 10.8. The van der Waals surface area contributed by atoms with Gasteiger partial charge in [0.15, 0.2) is 5.69 Å². The summed E-state index contributed by atoms with van der Waals surface area (Å²) in [6, 6.07) is 3.99. The number of aromatic carboxylic acids is 1. The number of aromatic nitrogens is 3. The van der Waals surface area contributed by atoms with E-state index in [1.807, 2.05) is 52.2 Å². The number of fused-ring (bicyclic) bond motifs is 1. The third kappa shape index (κ3) is 5.73. The summed E-state index contributed by atoms with van der Waals surface area (Å²) in [5.74, 6) is -1.26. The Hall–Kier alpha value is -3.59. The summed E-state index contributed by atoms with van der Waals surface area (Å²) in [5.41, 5.74) is 1.56. The van der Waals surface area contributed by atoms with Crippen LogP contribution in [0.3, 0.4) is 0 Å². The van der Waals surface area contributed by atoms with Gasteiger partial charge in [0.05, 0.1) is 16.1 Å². The van der Waals surface area contributed by atoms with Crippen LogP contribution in [0.15, 0.2) is 54.5 Å². The zero-order valence-corrected chi connectivity index (χ0v) is 19.0. The molecule has 0 aliphatic heterocycles. The first kappa shape index (κ1) is 25.4. The van der Waals surface area contributed by atoms with Gasteiger partial charge in [-0.25, -0.2) is 14.5 Å². The highest BCUT2D eigenvalue weighted by Crippen LogP contribution is 2.29. The predicted molar refractivity (Wildman–Crippen MR) is 126 cm³/mol. The molecule has 2 aromatic heterocycles. The number of hydrogen-bond acceptors (Lipinski definition) is 6. The second kappa shape index (κ2) is 12.2. The minimum Gasteiger partial charge on any atom is -0.476 e. The molecule has 2 heterocycles. The molecule has 0 unspecified atom stereocenters. The zero-order valence-electron chi connectivity index (χ0n) is 18.2. The Morgan fingerprint density at radius 3 is 2.52 bits per heavy atom. The molecule has 9 heteroatoms. The van der Waals surface area contributed by atoms with E-state index in [0.717, 1.165) is 5.57 Å². The Morgan fingerprint density at radius 1 is 1.29 bits per heavy atom. The van der Waals surface area contributed by atoms with Crippen LogP contribution in [0, 0.1) is 10.1 Å². The molecule has 1 aromatic carbocycles. The van der Waals surface area contributed by atoms with Crippen LogP contribution in [0.25, 0.3) is 21.6 Å². The number of thiazole rings is 1. The predicted octanol–water partition coefficient (Wildman–Crippen LogP) is 6.29. The highest BCUT2D eigenvalue weighted by molar-refractivity contribution is 7.12. The van der Waals surface area contributed by atoms with Gasteiger partial charge in [-0.1, -0.05) is 58.6 Å². The van der Waals surface area contributed by atoms with E-state index in [-0.39, 0.29) is 16.8 Å². The molecule has 3 aromatic rings. The molecule has 8 nitrogen and oxygen atoms in total. The largest absolute Gasteiger partial charge is 0.476 e. The van der Waals surface area contributed by atoms with Gasteiger partial charge < -0.3 is 5.11 Å². The van der Waals surface area contributed by atoms with Crippen LogP contribution in [0.2, 0.25) is 0 Å². The maximum Gasteiger partial charge on any atom is 0.357 e. The third-order valence-electron chi connectivity index (χ3n) is 3.77. The van der Waals surface area contributed by atoms with E-state index in [9.17, 15) is 20.0 Å². The fourth-order valence-corrected chi connectivity index (χ4v) is 3.31. The first-order valence-corrected chi connectivity index (χ1v) is 10.7. The Bertz CT molecular complexity index is 1130. The maximum atomic E-state index is 11.5. The van der Waals surface area contributed by atoms with Crippen LogP contribution in [-0.2, 0) is 0 Å². The number of allylic oxidation sites excluding steroid dienone is 5. The van der Waals surface area contributed by atoms with Crippen LogP contribution in [0.5, 0.6) is 0 Å². The SMILES string of the molecule is C=C/C=C\C(=C/C)c1csc(-n2nc(C(=O)O)c3cc([N+](=O)[O-])ccc32)n1.CC.CC. The minimum absolute atomic E-state index is 0.186. The Labute approximate surface area is 185 Å². The van der Waals surface area contributed by atoms with Crippen molar-refractivity contribution in [3.05, 3.63) is 76.0 Å². The lowest BCUT2D eigenvalue weighted by atomic mass is 10.2. The molecule has 0 saturated carbocycles. The van der Waals surface area contributed by atoms with E-state index in [4.69, 9.17) is 0 Å². The second-order valence-electron chi connectivity index (χ2n) is 5.38. The van der Waals surface area contributed by atoms with Crippen molar-refractivity contribution in [1.29, 1.82) is 0 Å². The van der Waals surface area contributed by atoms with Crippen LogP contribution in [0.1, 0.15) is 50.8 Å². The molecule has 0 fully saturated rings. The van der Waals surface area contributed by atoms with E-state index in [1.54, 1.807) is 12.2 Å². The summed E-state index contributed by atoms with van der Waals surface area (Å²) in [4.78, 5) is 26.5. The molecule has 0 radical (unpaired) electrons. The summed E-state index contributed by atoms with van der Waals surface area (Å²) < 4.78 is 1.39. The zero-order chi connectivity index (χ0) is 23.6. The highest BCUT2D eigenvalue weighted by Gasteiger charge is 2.21. The fourth-order valence-electron chi connectivity index (χ4n) is 2.52. The summed E-state index contributed by atoms with van der Waals surface area (Å²) in [6.45, 7) is 13.5. The van der Waals surface area contributed by atoms with E-state index in [2.05, 4.69) is 16.7 Å². The fraction of sp³-hybridized carbons (Fsp3) is 0.227. The average Bonchev–Trinajstić information content (AvgIpc) is 3.41. The molecular weight excluding hydrogens is 416 g/mol. The molecule has 0 spiro atoms. The van der Waals surface area contributed by atoms with Crippen molar-refractivity contribution in [3.63, 3.8) is 0 Å². The number of nitro groups is 1. The summed E-state index contributed by atoms with van der Waals surface area (Å²) >= 11 is 1.29. The van der Waals surface area contributed by atoms with Crippen molar-refractivity contribution in [2.45, 2.75) is 34.6 Å². The molecule has 31 heavy (non-hydrogen) atoms. The molecule has 0 aliphatic rings. The van der Waals surface area contributed by atoms with Gasteiger partial charge in [-0.15, -0.1) is 11.3 Å². The number of non-ortho nitro benzene ring substituents is 1. The Kier molecular flexibility index (Phi) is 10.0. The smallest absolute Gasteiger partial charge is 0.357 e. The quantitative estimate of drug-likeness (QED) is 0.273. The van der Waals surface area contributed by atoms with Crippen molar-refractivity contribution >= 4 is 39.5 Å². The number of carboxylic acids is 1. The standard InChI is InChI=1S/C18H14N4O4S.2C2H6/c1-3-5-6-11(4-2)14-10-27-18(19-14)21-15-8-7-12(22(25)26)9-13(15)16(20-21)17(23)24;2*1-2/h3-10H,1H2,2H3,(H,23,24);2*1-2H3/b6-5-,11-4+;;. The van der Waals surface area contributed by atoms with Crippen molar-refractivity contribution in [2.75, 3.05) is 0 Å². The summed E-state index contributed by atoms with van der Waals surface area (Å²) in [5, 5.41) is 27.0. The monoisotopic (exact) mass is 442 g/mol. The van der Waals surface area contributed by atoms with Crippen molar-refractivity contribution in [3.8, 4) is 5.13 Å². The molecule has 3 rings (SSSR count). The maximum absolute atomic E-state index is 11.5. The van der Waals surface area contributed by atoms with Gasteiger partial charge in [0.1, 0.15) is 0 Å². The van der Waals surface area contributed by atoms with Gasteiger partial charge in [0.2, 0.25) is 5.13 Å². The van der Waals surface area contributed by atoms with Crippen molar-refractivity contribution in [1.82, 2.24) is 14.8 Å². The lowest BCUT2D eigenvalue weighted by molar-refractivity contribution is -0.384. The Balaban J connectivity index is 0.00000113. The molecule has 164 valence electrons. The number of nitrogens with zero attached hydrogens (tertiary/aromatic N) is 4. The van der Waals surface area contributed by atoms with E-state index in [0.29, 0.717) is 16.3 Å². The number of rotatable bonds is 6. The molecular formula is C22H26N4O4S. The minimum atomic E-state index is -1.26.